The van der Waals surface area contributed by atoms with Crippen molar-refractivity contribution in [2.24, 2.45) is 0 Å². The fraction of sp³-hybridized carbons (Fsp3) is 0.556. The van der Waals surface area contributed by atoms with Gasteiger partial charge in [-0.25, -0.2) is 4.39 Å². The van der Waals surface area contributed by atoms with Crippen LogP contribution in [-0.4, -0.2) is 53.2 Å². The molecule has 130 valence electrons. The molecule has 6 heteroatoms. The predicted octanol–water partition coefficient (Wildman–Crippen LogP) is 3.82. The Balaban J connectivity index is 1.72. The number of hydrogen-bond acceptors (Lipinski definition) is 5. The number of hydrogen-bond donors (Lipinski definition) is 0. The summed E-state index contributed by atoms with van der Waals surface area (Å²) < 4.78 is 13.9. The van der Waals surface area contributed by atoms with Gasteiger partial charge in [0.2, 0.25) is 0 Å². The molecule has 1 aliphatic heterocycles. The Hall–Kier alpha value is -1.37. The van der Waals surface area contributed by atoms with Crippen molar-refractivity contribution in [1.82, 2.24) is 20.0 Å². The molecule has 1 aromatic heterocycles. The average Bonchev–Trinajstić information content (AvgIpc) is 2.91. The highest BCUT2D eigenvalue weighted by Gasteiger charge is 2.25. The SMILES string of the molecule is CC(c1nnc(-c2ccccc2F)s1)N1CCCC(N(C)C)CC1. The van der Waals surface area contributed by atoms with Gasteiger partial charge in [0, 0.05) is 18.2 Å². The number of benzene rings is 1. The number of nitrogens with zero attached hydrogens (tertiary/aromatic N) is 4. The van der Waals surface area contributed by atoms with E-state index in [9.17, 15) is 4.39 Å². The summed E-state index contributed by atoms with van der Waals surface area (Å²) in [6, 6.07) is 7.64. The zero-order valence-corrected chi connectivity index (χ0v) is 15.4. The van der Waals surface area contributed by atoms with E-state index in [0.717, 1.165) is 18.1 Å². The van der Waals surface area contributed by atoms with Crippen LogP contribution in [0.5, 0.6) is 0 Å². The number of rotatable bonds is 4. The van der Waals surface area contributed by atoms with Crippen LogP contribution < -0.4 is 0 Å². The Labute approximate surface area is 147 Å². The standard InChI is InChI=1S/C18H25FN4S/c1-13(23-11-6-7-14(10-12-23)22(2)3)17-20-21-18(24-17)15-8-4-5-9-16(15)19/h4-5,8-9,13-14H,6-7,10-12H2,1-3H3. The summed E-state index contributed by atoms with van der Waals surface area (Å²) in [6.07, 6.45) is 3.62. The van der Waals surface area contributed by atoms with Crippen LogP contribution >= 0.6 is 11.3 Å². The second kappa shape index (κ2) is 7.68. The topological polar surface area (TPSA) is 32.3 Å². The van der Waals surface area contributed by atoms with Gasteiger partial charge in [0.15, 0.2) is 5.01 Å². The number of aromatic nitrogens is 2. The van der Waals surface area contributed by atoms with E-state index in [0.29, 0.717) is 16.6 Å². The molecule has 0 aliphatic carbocycles. The molecule has 1 saturated heterocycles. The molecule has 2 atom stereocenters. The van der Waals surface area contributed by atoms with Crippen molar-refractivity contribution >= 4 is 11.3 Å². The third kappa shape index (κ3) is 3.82. The van der Waals surface area contributed by atoms with Gasteiger partial charge >= 0.3 is 0 Å². The van der Waals surface area contributed by atoms with Crippen molar-refractivity contribution in [3.05, 3.63) is 35.1 Å². The molecule has 0 bridgehead atoms. The van der Waals surface area contributed by atoms with E-state index in [1.165, 1.54) is 36.7 Å². The summed E-state index contributed by atoms with van der Waals surface area (Å²) in [5, 5.41) is 10.2. The summed E-state index contributed by atoms with van der Waals surface area (Å²) in [7, 11) is 4.32. The van der Waals surface area contributed by atoms with Gasteiger partial charge in [0.05, 0.1) is 6.04 Å². The first-order chi connectivity index (χ1) is 11.6. The molecular formula is C18H25FN4S. The zero-order chi connectivity index (χ0) is 17.1. The maximum absolute atomic E-state index is 13.9. The Morgan fingerprint density at radius 2 is 2.00 bits per heavy atom. The van der Waals surface area contributed by atoms with E-state index in [-0.39, 0.29) is 11.9 Å². The van der Waals surface area contributed by atoms with Crippen LogP contribution in [0.2, 0.25) is 0 Å². The fourth-order valence-corrected chi connectivity index (χ4v) is 4.26. The van der Waals surface area contributed by atoms with Crippen molar-refractivity contribution in [2.45, 2.75) is 38.3 Å². The summed E-state index contributed by atoms with van der Waals surface area (Å²) in [5.74, 6) is -0.239. The molecule has 1 aliphatic rings. The molecule has 4 nitrogen and oxygen atoms in total. The highest BCUT2D eigenvalue weighted by atomic mass is 32.1. The van der Waals surface area contributed by atoms with E-state index in [1.54, 1.807) is 12.1 Å². The van der Waals surface area contributed by atoms with Crippen molar-refractivity contribution in [2.75, 3.05) is 27.2 Å². The lowest BCUT2D eigenvalue weighted by Crippen LogP contribution is -2.31. The van der Waals surface area contributed by atoms with E-state index in [1.807, 2.05) is 6.07 Å². The van der Waals surface area contributed by atoms with E-state index in [4.69, 9.17) is 0 Å². The second-order valence-electron chi connectivity index (χ2n) is 6.69. The normalized spacial score (nSPS) is 21.0. The lowest BCUT2D eigenvalue weighted by atomic mass is 10.1. The Morgan fingerprint density at radius 3 is 2.75 bits per heavy atom. The molecule has 24 heavy (non-hydrogen) atoms. The average molecular weight is 348 g/mol. The third-order valence-corrected chi connectivity index (χ3v) is 6.04. The molecule has 0 amide bonds. The van der Waals surface area contributed by atoms with Gasteiger partial charge in [0.25, 0.3) is 0 Å². The number of likely N-dealkylation sites (tertiary alicyclic amines) is 1. The van der Waals surface area contributed by atoms with Gasteiger partial charge in [-0.2, -0.15) is 0 Å². The Bertz CT molecular complexity index is 673. The monoisotopic (exact) mass is 348 g/mol. The minimum atomic E-state index is -0.239. The summed E-state index contributed by atoms with van der Waals surface area (Å²) in [5.41, 5.74) is 0.539. The van der Waals surface area contributed by atoms with E-state index < -0.39 is 0 Å². The van der Waals surface area contributed by atoms with Crippen LogP contribution in [0.15, 0.2) is 24.3 Å². The van der Waals surface area contributed by atoms with Crippen LogP contribution in [-0.2, 0) is 0 Å². The summed E-state index contributed by atoms with van der Waals surface area (Å²) in [4.78, 5) is 4.81. The van der Waals surface area contributed by atoms with E-state index >= 15 is 0 Å². The molecule has 1 fully saturated rings. The smallest absolute Gasteiger partial charge is 0.150 e. The Kier molecular flexibility index (Phi) is 5.58. The van der Waals surface area contributed by atoms with Gasteiger partial charge in [0.1, 0.15) is 10.8 Å². The predicted molar refractivity (Wildman–Crippen MR) is 96.6 cm³/mol. The van der Waals surface area contributed by atoms with Gasteiger partial charge in [-0.05, 0) is 59.0 Å². The molecule has 0 spiro atoms. The van der Waals surface area contributed by atoms with Gasteiger partial charge in [-0.3, -0.25) is 4.90 Å². The molecule has 0 N–H and O–H groups in total. The van der Waals surface area contributed by atoms with Crippen molar-refractivity contribution in [1.29, 1.82) is 0 Å². The van der Waals surface area contributed by atoms with Crippen LogP contribution in [0, 0.1) is 5.82 Å². The van der Waals surface area contributed by atoms with Crippen LogP contribution in [0.4, 0.5) is 4.39 Å². The van der Waals surface area contributed by atoms with Gasteiger partial charge in [-0.1, -0.05) is 23.5 Å². The molecule has 2 unspecified atom stereocenters. The first kappa shape index (κ1) is 17.5. The third-order valence-electron chi connectivity index (χ3n) is 4.91. The summed E-state index contributed by atoms with van der Waals surface area (Å²) in [6.45, 7) is 4.33. The zero-order valence-electron chi connectivity index (χ0n) is 14.6. The molecular weight excluding hydrogens is 323 g/mol. The largest absolute Gasteiger partial charge is 0.306 e. The van der Waals surface area contributed by atoms with Crippen molar-refractivity contribution < 1.29 is 4.39 Å². The molecule has 1 aromatic carbocycles. The van der Waals surface area contributed by atoms with Crippen molar-refractivity contribution in [3.63, 3.8) is 0 Å². The highest BCUT2D eigenvalue weighted by Crippen LogP contribution is 2.31. The lowest BCUT2D eigenvalue weighted by molar-refractivity contribution is 0.207. The molecule has 2 aromatic rings. The maximum atomic E-state index is 13.9. The number of halogens is 1. The second-order valence-corrected chi connectivity index (χ2v) is 7.69. The van der Waals surface area contributed by atoms with Crippen LogP contribution in [0.25, 0.3) is 10.6 Å². The molecule has 0 saturated carbocycles. The lowest BCUT2D eigenvalue weighted by Gasteiger charge is -2.26. The molecule has 0 radical (unpaired) electrons. The Morgan fingerprint density at radius 1 is 1.21 bits per heavy atom. The minimum Gasteiger partial charge on any atom is -0.306 e. The first-order valence-corrected chi connectivity index (χ1v) is 9.36. The molecule has 2 heterocycles. The first-order valence-electron chi connectivity index (χ1n) is 8.55. The van der Waals surface area contributed by atoms with E-state index in [2.05, 4.69) is 41.0 Å². The van der Waals surface area contributed by atoms with Crippen LogP contribution in [0.3, 0.4) is 0 Å². The quantitative estimate of drug-likeness (QED) is 0.841. The van der Waals surface area contributed by atoms with Crippen LogP contribution in [0.1, 0.15) is 37.2 Å². The van der Waals surface area contributed by atoms with Crippen molar-refractivity contribution in [3.8, 4) is 10.6 Å². The van der Waals surface area contributed by atoms with Gasteiger partial charge < -0.3 is 4.90 Å². The minimum absolute atomic E-state index is 0.226. The maximum Gasteiger partial charge on any atom is 0.150 e. The fourth-order valence-electron chi connectivity index (χ4n) is 3.31. The van der Waals surface area contributed by atoms with Gasteiger partial charge in [-0.15, -0.1) is 10.2 Å². The highest BCUT2D eigenvalue weighted by molar-refractivity contribution is 7.14. The molecule has 3 rings (SSSR count). The summed E-state index contributed by atoms with van der Waals surface area (Å²) >= 11 is 1.50.